The average Bonchev–Trinajstić information content (AvgIpc) is 2.84. The molecule has 0 aliphatic carbocycles. The second-order valence-corrected chi connectivity index (χ2v) is 5.16. The van der Waals surface area contributed by atoms with Crippen molar-refractivity contribution in [2.75, 3.05) is 24.5 Å². The summed E-state index contributed by atoms with van der Waals surface area (Å²) in [4.78, 5) is 6.82. The lowest BCUT2D eigenvalue weighted by Crippen LogP contribution is -2.26. The Balaban J connectivity index is 1.68. The van der Waals surface area contributed by atoms with Gasteiger partial charge in [0.1, 0.15) is 6.26 Å². The molecule has 0 spiro atoms. The molecule has 1 N–H and O–H groups in total. The van der Waals surface area contributed by atoms with E-state index in [4.69, 9.17) is 4.42 Å². The fourth-order valence-electron chi connectivity index (χ4n) is 2.63. The summed E-state index contributed by atoms with van der Waals surface area (Å²) in [6.45, 7) is 5.75. The number of aromatic nitrogens is 1. The zero-order valence-electron chi connectivity index (χ0n) is 11.9. The Morgan fingerprint density at radius 1 is 1.20 bits per heavy atom. The summed E-state index contributed by atoms with van der Waals surface area (Å²) in [5.74, 6) is 0. The third-order valence-electron chi connectivity index (χ3n) is 3.79. The first-order chi connectivity index (χ1) is 9.86. The zero-order chi connectivity index (χ0) is 13.8. The molecule has 0 saturated heterocycles. The molecule has 2 aromatic rings. The Morgan fingerprint density at radius 2 is 1.90 bits per heavy atom. The van der Waals surface area contributed by atoms with Gasteiger partial charge in [0.2, 0.25) is 0 Å². The maximum absolute atomic E-state index is 5.63. The smallest absolute Gasteiger partial charge is 0.297 e. The fraction of sp³-hybridized carbons (Fsp3) is 0.438. The molecule has 4 nitrogen and oxygen atoms in total. The highest BCUT2D eigenvalue weighted by molar-refractivity contribution is 5.35. The van der Waals surface area contributed by atoms with Gasteiger partial charge in [-0.15, -0.1) is 0 Å². The lowest BCUT2D eigenvalue weighted by Gasteiger charge is -2.17. The van der Waals surface area contributed by atoms with Crippen LogP contribution in [0.4, 0.5) is 6.01 Å². The zero-order valence-corrected chi connectivity index (χ0v) is 11.9. The van der Waals surface area contributed by atoms with Crippen LogP contribution >= 0.6 is 0 Å². The van der Waals surface area contributed by atoms with Crippen molar-refractivity contribution in [3.63, 3.8) is 0 Å². The van der Waals surface area contributed by atoms with Gasteiger partial charge in [0.25, 0.3) is 6.01 Å². The maximum atomic E-state index is 5.63. The topological polar surface area (TPSA) is 41.3 Å². The van der Waals surface area contributed by atoms with Crippen molar-refractivity contribution >= 4 is 6.01 Å². The predicted octanol–water partition coefficient (Wildman–Crippen LogP) is 2.39. The van der Waals surface area contributed by atoms with Gasteiger partial charge in [0, 0.05) is 19.6 Å². The summed E-state index contributed by atoms with van der Waals surface area (Å²) in [5.41, 5.74) is 3.88. The van der Waals surface area contributed by atoms with Crippen LogP contribution in [0.2, 0.25) is 0 Å². The Kier molecular flexibility index (Phi) is 4.02. The fourth-order valence-corrected chi connectivity index (χ4v) is 2.63. The van der Waals surface area contributed by atoms with E-state index < -0.39 is 0 Å². The minimum atomic E-state index is 0.755. The molecular formula is C16H21N3O. The van der Waals surface area contributed by atoms with Gasteiger partial charge >= 0.3 is 0 Å². The van der Waals surface area contributed by atoms with Gasteiger partial charge in [-0.3, -0.25) is 0 Å². The summed E-state index contributed by atoms with van der Waals surface area (Å²) in [6.07, 6.45) is 3.87. The molecule has 20 heavy (non-hydrogen) atoms. The molecule has 1 aliphatic heterocycles. The normalized spacial score (nSPS) is 14.9. The minimum absolute atomic E-state index is 0.755. The van der Waals surface area contributed by atoms with Gasteiger partial charge in [-0.25, -0.2) is 0 Å². The van der Waals surface area contributed by atoms with Crippen LogP contribution in [0.5, 0.6) is 0 Å². The van der Waals surface area contributed by atoms with E-state index in [2.05, 4.69) is 46.4 Å². The van der Waals surface area contributed by atoms with Crippen molar-refractivity contribution in [2.45, 2.75) is 26.3 Å². The van der Waals surface area contributed by atoms with Crippen LogP contribution in [0, 0.1) is 0 Å². The van der Waals surface area contributed by atoms with Crippen LogP contribution in [0.1, 0.15) is 23.7 Å². The molecule has 106 valence electrons. The molecule has 0 bridgehead atoms. The summed E-state index contributed by atoms with van der Waals surface area (Å²) < 4.78 is 5.63. The molecule has 0 fully saturated rings. The maximum Gasteiger partial charge on any atom is 0.297 e. The quantitative estimate of drug-likeness (QED) is 0.927. The lowest BCUT2D eigenvalue weighted by molar-refractivity contribution is 0.533. The Bertz CT molecular complexity index is 537. The minimum Gasteiger partial charge on any atom is -0.432 e. The number of hydrogen-bond donors (Lipinski definition) is 1. The number of nitrogens with one attached hydrogen (secondary N) is 1. The molecule has 0 radical (unpaired) electrons. The standard InChI is InChI=1S/C16H21N3O/c1-2-17-11-15-12-20-16(18-15)19-9-7-13-5-3-4-6-14(13)8-10-19/h3-6,12,17H,2,7-11H2,1H3. The third kappa shape index (κ3) is 2.85. The average molecular weight is 271 g/mol. The molecular weight excluding hydrogens is 250 g/mol. The molecule has 1 aliphatic rings. The summed E-state index contributed by atoms with van der Waals surface area (Å²) in [5, 5.41) is 3.27. The summed E-state index contributed by atoms with van der Waals surface area (Å²) >= 11 is 0. The Labute approximate surface area is 119 Å². The molecule has 1 aromatic heterocycles. The third-order valence-corrected chi connectivity index (χ3v) is 3.79. The Morgan fingerprint density at radius 3 is 2.55 bits per heavy atom. The lowest BCUT2D eigenvalue weighted by atomic mass is 10.0. The number of rotatable bonds is 4. The van der Waals surface area contributed by atoms with Gasteiger partial charge in [0.15, 0.2) is 0 Å². The van der Waals surface area contributed by atoms with E-state index >= 15 is 0 Å². The van der Waals surface area contributed by atoms with Crippen molar-refractivity contribution in [1.82, 2.24) is 10.3 Å². The highest BCUT2D eigenvalue weighted by Crippen LogP contribution is 2.20. The second kappa shape index (κ2) is 6.09. The van der Waals surface area contributed by atoms with E-state index in [0.717, 1.165) is 50.7 Å². The summed E-state index contributed by atoms with van der Waals surface area (Å²) in [6, 6.07) is 9.45. The molecule has 0 saturated carbocycles. The highest BCUT2D eigenvalue weighted by atomic mass is 16.4. The van der Waals surface area contributed by atoms with E-state index in [1.165, 1.54) is 11.1 Å². The van der Waals surface area contributed by atoms with Gasteiger partial charge in [-0.2, -0.15) is 4.98 Å². The molecule has 3 rings (SSSR count). The SMILES string of the molecule is CCNCc1coc(N2CCc3ccccc3CC2)n1. The molecule has 2 heterocycles. The predicted molar refractivity (Wildman–Crippen MR) is 79.9 cm³/mol. The molecule has 4 heteroatoms. The molecule has 0 atom stereocenters. The molecule has 0 unspecified atom stereocenters. The van der Waals surface area contributed by atoms with E-state index in [0.29, 0.717) is 0 Å². The van der Waals surface area contributed by atoms with E-state index in [1.54, 1.807) is 6.26 Å². The van der Waals surface area contributed by atoms with Crippen molar-refractivity contribution in [2.24, 2.45) is 0 Å². The molecule has 1 aromatic carbocycles. The number of oxazole rings is 1. The van der Waals surface area contributed by atoms with Crippen LogP contribution < -0.4 is 10.2 Å². The highest BCUT2D eigenvalue weighted by Gasteiger charge is 2.17. The van der Waals surface area contributed by atoms with Crippen LogP contribution in [0.15, 0.2) is 34.9 Å². The number of hydrogen-bond acceptors (Lipinski definition) is 4. The van der Waals surface area contributed by atoms with E-state index in [9.17, 15) is 0 Å². The monoisotopic (exact) mass is 271 g/mol. The number of nitrogens with zero attached hydrogens (tertiary/aromatic N) is 2. The first-order valence-electron chi connectivity index (χ1n) is 7.33. The number of anilines is 1. The Hall–Kier alpha value is -1.81. The van der Waals surface area contributed by atoms with Gasteiger partial charge < -0.3 is 14.6 Å². The number of benzene rings is 1. The van der Waals surface area contributed by atoms with Crippen molar-refractivity contribution < 1.29 is 4.42 Å². The van der Waals surface area contributed by atoms with Crippen molar-refractivity contribution in [3.05, 3.63) is 47.3 Å². The second-order valence-electron chi connectivity index (χ2n) is 5.16. The van der Waals surface area contributed by atoms with Gasteiger partial charge in [-0.05, 0) is 30.5 Å². The van der Waals surface area contributed by atoms with Crippen LogP contribution in [0.25, 0.3) is 0 Å². The van der Waals surface area contributed by atoms with Crippen LogP contribution in [0.3, 0.4) is 0 Å². The van der Waals surface area contributed by atoms with Crippen molar-refractivity contribution in [1.29, 1.82) is 0 Å². The van der Waals surface area contributed by atoms with Crippen LogP contribution in [-0.4, -0.2) is 24.6 Å². The molecule has 0 amide bonds. The van der Waals surface area contributed by atoms with Crippen molar-refractivity contribution in [3.8, 4) is 0 Å². The van der Waals surface area contributed by atoms with Crippen LogP contribution in [-0.2, 0) is 19.4 Å². The number of fused-ring (bicyclic) bond motifs is 1. The van der Waals surface area contributed by atoms with E-state index in [-0.39, 0.29) is 0 Å². The van der Waals surface area contributed by atoms with Gasteiger partial charge in [0.05, 0.1) is 5.69 Å². The van der Waals surface area contributed by atoms with Gasteiger partial charge in [-0.1, -0.05) is 31.2 Å². The first kappa shape index (κ1) is 13.2. The van der Waals surface area contributed by atoms with E-state index in [1.807, 2.05) is 0 Å². The summed E-state index contributed by atoms with van der Waals surface area (Å²) in [7, 11) is 0. The largest absolute Gasteiger partial charge is 0.432 e. The first-order valence-corrected chi connectivity index (χ1v) is 7.33.